The van der Waals surface area contributed by atoms with Gasteiger partial charge in [0.15, 0.2) is 12.4 Å². The second-order valence-electron chi connectivity index (χ2n) is 6.74. The van der Waals surface area contributed by atoms with Crippen LogP contribution in [0.5, 0.6) is 5.75 Å². The molecule has 0 radical (unpaired) electrons. The lowest BCUT2D eigenvalue weighted by Gasteiger charge is -2.07. The first-order valence-electron chi connectivity index (χ1n) is 9.72. The molecule has 0 aliphatic heterocycles. The van der Waals surface area contributed by atoms with E-state index in [-0.39, 0.29) is 25.0 Å². The molecule has 0 amide bonds. The van der Waals surface area contributed by atoms with Gasteiger partial charge in [0.05, 0.1) is 18.4 Å². The van der Waals surface area contributed by atoms with Gasteiger partial charge in [-0.2, -0.15) is 0 Å². The third kappa shape index (κ3) is 6.27. The standard InChI is InChI=1S/C25H23NO5/c1-18(26-31-16-19-8-10-22(11-9-19)25(28)29-2)20-12-14-23(15-13-20)30-17-24(27)21-6-4-3-5-7-21/h3-15H,16-17H2,1-2H3/b26-18+. The van der Waals surface area contributed by atoms with E-state index in [1.165, 1.54) is 7.11 Å². The first-order chi connectivity index (χ1) is 15.1. The maximum Gasteiger partial charge on any atom is 0.337 e. The molecule has 0 aromatic heterocycles. The number of carbonyl (C=O) groups is 2. The molecule has 31 heavy (non-hydrogen) atoms. The quantitative estimate of drug-likeness (QED) is 0.219. The van der Waals surface area contributed by atoms with Crippen molar-refractivity contribution in [1.29, 1.82) is 0 Å². The van der Waals surface area contributed by atoms with Gasteiger partial charge in [0, 0.05) is 5.56 Å². The number of esters is 1. The van der Waals surface area contributed by atoms with E-state index < -0.39 is 0 Å². The molecule has 0 aliphatic carbocycles. The Bertz CT molecular complexity index is 1040. The molecule has 0 heterocycles. The van der Waals surface area contributed by atoms with E-state index in [0.717, 1.165) is 11.1 Å². The van der Waals surface area contributed by atoms with Gasteiger partial charge in [-0.15, -0.1) is 0 Å². The van der Waals surface area contributed by atoms with Crippen molar-refractivity contribution in [2.45, 2.75) is 13.5 Å². The summed E-state index contributed by atoms with van der Waals surface area (Å²) in [4.78, 5) is 29.0. The molecule has 3 aromatic carbocycles. The van der Waals surface area contributed by atoms with Crippen LogP contribution in [-0.4, -0.2) is 31.2 Å². The third-order valence-electron chi connectivity index (χ3n) is 4.55. The molecule has 0 N–H and O–H groups in total. The topological polar surface area (TPSA) is 74.2 Å². The van der Waals surface area contributed by atoms with Gasteiger partial charge in [0.2, 0.25) is 0 Å². The lowest BCUT2D eigenvalue weighted by molar-refractivity contribution is 0.0600. The molecular formula is C25H23NO5. The minimum absolute atomic E-state index is 0.0195. The van der Waals surface area contributed by atoms with Crippen LogP contribution in [0, 0.1) is 0 Å². The molecule has 0 fully saturated rings. The lowest BCUT2D eigenvalue weighted by Crippen LogP contribution is -2.11. The summed E-state index contributed by atoms with van der Waals surface area (Å²) in [5.41, 5.74) is 3.58. The molecule has 6 heteroatoms. The fourth-order valence-electron chi connectivity index (χ4n) is 2.76. The van der Waals surface area contributed by atoms with Gasteiger partial charge in [-0.1, -0.05) is 47.6 Å². The second-order valence-corrected chi connectivity index (χ2v) is 6.74. The van der Waals surface area contributed by atoms with Gasteiger partial charge in [-0.05, 0) is 54.4 Å². The van der Waals surface area contributed by atoms with Gasteiger partial charge in [-0.25, -0.2) is 4.79 Å². The highest BCUT2D eigenvalue weighted by Gasteiger charge is 2.07. The van der Waals surface area contributed by atoms with Crippen molar-refractivity contribution in [2.75, 3.05) is 13.7 Å². The Morgan fingerprint density at radius 1 is 0.806 bits per heavy atom. The Morgan fingerprint density at radius 2 is 1.45 bits per heavy atom. The average molecular weight is 417 g/mol. The molecule has 0 spiro atoms. The normalized spacial score (nSPS) is 11.0. The van der Waals surface area contributed by atoms with E-state index in [0.29, 0.717) is 22.6 Å². The SMILES string of the molecule is COC(=O)c1ccc(CO/N=C(\C)c2ccc(OCC(=O)c3ccccc3)cc2)cc1. The Balaban J connectivity index is 1.50. The molecule has 6 nitrogen and oxygen atoms in total. The van der Waals surface area contributed by atoms with Crippen molar-refractivity contribution in [3.63, 3.8) is 0 Å². The summed E-state index contributed by atoms with van der Waals surface area (Å²) in [5.74, 6) is 0.154. The molecule has 0 atom stereocenters. The summed E-state index contributed by atoms with van der Waals surface area (Å²) in [6.07, 6.45) is 0. The van der Waals surface area contributed by atoms with Crippen molar-refractivity contribution in [2.24, 2.45) is 5.16 Å². The predicted octanol–water partition coefficient (Wildman–Crippen LogP) is 4.68. The number of carbonyl (C=O) groups excluding carboxylic acids is 2. The van der Waals surface area contributed by atoms with Crippen molar-refractivity contribution >= 4 is 17.5 Å². The van der Waals surface area contributed by atoms with E-state index in [1.54, 1.807) is 48.5 Å². The van der Waals surface area contributed by atoms with Crippen LogP contribution in [0.25, 0.3) is 0 Å². The summed E-state index contributed by atoms with van der Waals surface area (Å²) in [6.45, 7) is 2.10. The highest BCUT2D eigenvalue weighted by Crippen LogP contribution is 2.14. The third-order valence-corrected chi connectivity index (χ3v) is 4.55. The molecule has 3 rings (SSSR count). The maximum absolute atomic E-state index is 12.1. The highest BCUT2D eigenvalue weighted by atomic mass is 16.6. The predicted molar refractivity (Wildman–Crippen MR) is 117 cm³/mol. The highest BCUT2D eigenvalue weighted by molar-refractivity contribution is 5.98. The van der Waals surface area contributed by atoms with E-state index in [1.807, 2.05) is 37.3 Å². The van der Waals surface area contributed by atoms with Crippen molar-refractivity contribution in [3.05, 3.63) is 101 Å². The number of Topliss-reactive ketones (excluding diaryl/α,β-unsaturated/α-hetero) is 1. The molecule has 0 aliphatic rings. The fourth-order valence-corrected chi connectivity index (χ4v) is 2.76. The number of nitrogens with zero attached hydrogens (tertiary/aromatic N) is 1. The van der Waals surface area contributed by atoms with Crippen molar-refractivity contribution < 1.29 is 23.9 Å². The van der Waals surface area contributed by atoms with Crippen molar-refractivity contribution in [3.8, 4) is 5.75 Å². The molecule has 0 saturated heterocycles. The Morgan fingerprint density at radius 3 is 2.10 bits per heavy atom. The smallest absolute Gasteiger partial charge is 0.337 e. The van der Waals surface area contributed by atoms with Crippen LogP contribution in [0.2, 0.25) is 0 Å². The summed E-state index contributed by atoms with van der Waals surface area (Å²) < 4.78 is 10.3. The van der Waals surface area contributed by atoms with Crippen LogP contribution in [0.1, 0.15) is 38.8 Å². The van der Waals surface area contributed by atoms with E-state index in [2.05, 4.69) is 9.89 Å². The number of hydrogen-bond donors (Lipinski definition) is 0. The van der Waals surface area contributed by atoms with E-state index in [4.69, 9.17) is 9.57 Å². The van der Waals surface area contributed by atoms with Crippen LogP contribution in [-0.2, 0) is 16.2 Å². The zero-order valence-corrected chi connectivity index (χ0v) is 17.4. The van der Waals surface area contributed by atoms with E-state index >= 15 is 0 Å². The molecule has 0 unspecified atom stereocenters. The van der Waals surface area contributed by atoms with Gasteiger partial charge in [-0.3, -0.25) is 4.79 Å². The second kappa shape index (κ2) is 10.7. The first kappa shape index (κ1) is 21.8. The Kier molecular flexibility index (Phi) is 7.54. The molecule has 3 aromatic rings. The lowest BCUT2D eigenvalue weighted by atomic mass is 10.1. The first-order valence-corrected chi connectivity index (χ1v) is 9.72. The minimum Gasteiger partial charge on any atom is -0.485 e. The largest absolute Gasteiger partial charge is 0.485 e. The summed E-state index contributed by atoms with van der Waals surface area (Å²) in [6, 6.07) is 23.3. The summed E-state index contributed by atoms with van der Waals surface area (Å²) in [7, 11) is 1.35. The van der Waals surface area contributed by atoms with E-state index in [9.17, 15) is 9.59 Å². The monoisotopic (exact) mass is 417 g/mol. The van der Waals surface area contributed by atoms with Gasteiger partial charge in [0.25, 0.3) is 0 Å². The van der Waals surface area contributed by atoms with Gasteiger partial charge < -0.3 is 14.3 Å². The van der Waals surface area contributed by atoms with Crippen LogP contribution < -0.4 is 4.74 Å². The molecule has 0 saturated carbocycles. The van der Waals surface area contributed by atoms with Crippen LogP contribution in [0.4, 0.5) is 0 Å². The van der Waals surface area contributed by atoms with Gasteiger partial charge >= 0.3 is 5.97 Å². The van der Waals surface area contributed by atoms with Crippen LogP contribution in [0.3, 0.4) is 0 Å². The maximum atomic E-state index is 12.1. The number of rotatable bonds is 9. The minimum atomic E-state index is -0.377. The average Bonchev–Trinajstić information content (AvgIpc) is 2.83. The number of ketones is 1. The molecular weight excluding hydrogens is 394 g/mol. The summed E-state index contributed by atoms with van der Waals surface area (Å²) >= 11 is 0. The Hall–Kier alpha value is -3.93. The van der Waals surface area contributed by atoms with Gasteiger partial charge in [0.1, 0.15) is 12.4 Å². The summed E-state index contributed by atoms with van der Waals surface area (Å²) in [5, 5.41) is 4.14. The number of hydrogen-bond acceptors (Lipinski definition) is 6. The number of methoxy groups -OCH3 is 1. The zero-order chi connectivity index (χ0) is 22.1. The molecule has 0 bridgehead atoms. The van der Waals surface area contributed by atoms with Crippen LogP contribution in [0.15, 0.2) is 84.0 Å². The number of ether oxygens (including phenoxy) is 2. The molecule has 158 valence electrons. The fraction of sp³-hybridized carbons (Fsp3) is 0.160. The number of benzene rings is 3. The Labute approximate surface area is 181 Å². The zero-order valence-electron chi connectivity index (χ0n) is 17.4. The number of oxime groups is 1. The van der Waals surface area contributed by atoms with Crippen molar-refractivity contribution in [1.82, 2.24) is 0 Å². The van der Waals surface area contributed by atoms with Crippen LogP contribution >= 0.6 is 0 Å².